The van der Waals surface area contributed by atoms with Gasteiger partial charge in [0.05, 0.1) is 12.7 Å². The summed E-state index contributed by atoms with van der Waals surface area (Å²) in [4.78, 5) is 35.3. The van der Waals surface area contributed by atoms with Crippen LogP contribution in [0.25, 0.3) is 0 Å². The summed E-state index contributed by atoms with van der Waals surface area (Å²) in [6, 6.07) is 0. The summed E-state index contributed by atoms with van der Waals surface area (Å²) in [6.45, 7) is 0.600. The number of carbonyl (C=O) groups excluding carboxylic acids is 2. The van der Waals surface area contributed by atoms with E-state index in [-0.39, 0.29) is 24.7 Å². The van der Waals surface area contributed by atoms with E-state index in [9.17, 15) is 14.4 Å². The van der Waals surface area contributed by atoms with Gasteiger partial charge in [-0.1, -0.05) is 5.21 Å². The Hall–Kier alpha value is -2.45. The molecular weight excluding hydrogens is 254 g/mol. The minimum absolute atomic E-state index is 0.0232. The molecule has 19 heavy (non-hydrogen) atoms. The van der Waals surface area contributed by atoms with Crippen LogP contribution in [0.1, 0.15) is 16.9 Å². The van der Waals surface area contributed by atoms with Gasteiger partial charge in [-0.05, 0) is 6.42 Å². The number of hydrogen-bond donors (Lipinski definition) is 2. The molecule has 1 fully saturated rings. The number of nitrogens with zero attached hydrogens (tertiary/aromatic N) is 4. The number of carbonyl (C=O) groups is 3. The van der Waals surface area contributed by atoms with Crippen molar-refractivity contribution in [2.24, 2.45) is 0 Å². The van der Waals surface area contributed by atoms with Gasteiger partial charge in [0.15, 0.2) is 5.69 Å². The Morgan fingerprint density at radius 1 is 1.47 bits per heavy atom. The topological polar surface area (TPSA) is 117 Å². The van der Waals surface area contributed by atoms with Gasteiger partial charge in [-0.2, -0.15) is 0 Å². The molecule has 2 heterocycles. The number of aromatic nitrogens is 3. The van der Waals surface area contributed by atoms with Gasteiger partial charge in [-0.25, -0.2) is 4.68 Å². The zero-order valence-electron chi connectivity index (χ0n) is 10.1. The van der Waals surface area contributed by atoms with E-state index in [2.05, 4.69) is 15.6 Å². The predicted octanol–water partition coefficient (Wildman–Crippen LogP) is -1.68. The minimum Gasteiger partial charge on any atom is -0.480 e. The minimum atomic E-state index is -1.07. The Morgan fingerprint density at radius 3 is 3.00 bits per heavy atom. The monoisotopic (exact) mass is 267 g/mol. The Labute approximate surface area is 108 Å². The lowest BCUT2D eigenvalue weighted by Gasteiger charge is -2.16. The molecule has 0 unspecified atom stereocenters. The number of carboxylic acid groups (broad SMARTS) is 1. The largest absolute Gasteiger partial charge is 0.480 e. The quantitative estimate of drug-likeness (QED) is 0.675. The molecule has 2 amide bonds. The summed E-state index contributed by atoms with van der Waals surface area (Å²) >= 11 is 0. The molecule has 0 aromatic carbocycles. The number of hydrogen-bond acceptors (Lipinski definition) is 5. The van der Waals surface area contributed by atoms with Crippen molar-refractivity contribution in [2.45, 2.75) is 13.0 Å². The predicted molar refractivity (Wildman–Crippen MR) is 61.2 cm³/mol. The molecule has 1 aromatic rings. The molecule has 1 aliphatic rings. The molecule has 0 spiro atoms. The van der Waals surface area contributed by atoms with Gasteiger partial charge in [0, 0.05) is 13.1 Å². The Bertz CT molecular complexity index is 512. The first kappa shape index (κ1) is 13.0. The van der Waals surface area contributed by atoms with Gasteiger partial charge in [-0.15, -0.1) is 5.10 Å². The van der Waals surface area contributed by atoms with Gasteiger partial charge >= 0.3 is 5.97 Å². The van der Waals surface area contributed by atoms with E-state index in [1.807, 2.05) is 0 Å². The summed E-state index contributed by atoms with van der Waals surface area (Å²) < 4.78 is 1.06. The van der Waals surface area contributed by atoms with Crippen molar-refractivity contribution in [1.29, 1.82) is 0 Å². The second-order valence-corrected chi connectivity index (χ2v) is 4.13. The molecule has 0 aliphatic carbocycles. The Kier molecular flexibility index (Phi) is 3.74. The van der Waals surface area contributed by atoms with Crippen LogP contribution in [0, 0.1) is 0 Å². The molecular formula is C10H13N5O4. The average Bonchev–Trinajstić information content (AvgIpc) is 2.68. The van der Waals surface area contributed by atoms with Crippen molar-refractivity contribution in [2.75, 3.05) is 19.6 Å². The molecule has 9 nitrogen and oxygen atoms in total. The standard InChI is InChI=1S/C10H13N5O4/c16-8-5-14(3-1-2-11-8)10(19)7-4-15(13-12-7)6-9(17)18/h4H,1-3,5-6H2,(H,11,16)(H,17,18). The lowest BCUT2D eigenvalue weighted by molar-refractivity contribution is -0.137. The third kappa shape index (κ3) is 3.27. The van der Waals surface area contributed by atoms with Gasteiger partial charge in [-0.3, -0.25) is 14.4 Å². The van der Waals surface area contributed by atoms with E-state index >= 15 is 0 Å². The van der Waals surface area contributed by atoms with Crippen LogP contribution in [0.15, 0.2) is 6.20 Å². The van der Waals surface area contributed by atoms with Crippen LogP contribution in [-0.2, 0) is 16.1 Å². The average molecular weight is 267 g/mol. The molecule has 1 aromatic heterocycles. The van der Waals surface area contributed by atoms with Crippen LogP contribution in [0.4, 0.5) is 0 Å². The van der Waals surface area contributed by atoms with E-state index in [1.54, 1.807) is 0 Å². The van der Waals surface area contributed by atoms with Crippen molar-refractivity contribution < 1.29 is 19.5 Å². The second kappa shape index (κ2) is 5.46. The molecule has 102 valence electrons. The van der Waals surface area contributed by atoms with Crippen molar-refractivity contribution >= 4 is 17.8 Å². The van der Waals surface area contributed by atoms with Crippen LogP contribution < -0.4 is 5.32 Å². The lowest BCUT2D eigenvalue weighted by Crippen LogP contribution is -2.37. The molecule has 1 saturated heterocycles. The molecule has 2 rings (SSSR count). The second-order valence-electron chi connectivity index (χ2n) is 4.13. The fourth-order valence-corrected chi connectivity index (χ4v) is 1.75. The highest BCUT2D eigenvalue weighted by molar-refractivity contribution is 5.94. The van der Waals surface area contributed by atoms with E-state index in [1.165, 1.54) is 11.1 Å². The number of amides is 2. The van der Waals surface area contributed by atoms with E-state index in [0.717, 1.165) is 4.68 Å². The number of nitrogens with one attached hydrogen (secondary N) is 1. The number of rotatable bonds is 3. The number of carboxylic acids is 1. The van der Waals surface area contributed by atoms with Crippen LogP contribution in [-0.4, -0.2) is 62.4 Å². The molecule has 0 saturated carbocycles. The fraction of sp³-hybridized carbons (Fsp3) is 0.500. The Balaban J connectivity index is 2.07. The molecule has 1 aliphatic heterocycles. The summed E-state index contributed by atoms with van der Waals surface area (Å²) in [6.07, 6.45) is 1.93. The first-order valence-electron chi connectivity index (χ1n) is 5.74. The van der Waals surface area contributed by atoms with E-state index < -0.39 is 11.9 Å². The first-order valence-corrected chi connectivity index (χ1v) is 5.74. The molecule has 0 atom stereocenters. The third-order valence-corrected chi connectivity index (χ3v) is 2.60. The fourth-order valence-electron chi connectivity index (χ4n) is 1.75. The molecule has 9 heteroatoms. The summed E-state index contributed by atoms with van der Waals surface area (Å²) in [7, 11) is 0. The smallest absolute Gasteiger partial charge is 0.325 e. The molecule has 0 radical (unpaired) electrons. The number of aliphatic carboxylic acids is 1. The normalized spacial score (nSPS) is 15.8. The van der Waals surface area contributed by atoms with Crippen LogP contribution in [0.3, 0.4) is 0 Å². The van der Waals surface area contributed by atoms with E-state index in [4.69, 9.17) is 5.11 Å². The van der Waals surface area contributed by atoms with Gasteiger partial charge in [0.2, 0.25) is 5.91 Å². The highest BCUT2D eigenvalue weighted by atomic mass is 16.4. The van der Waals surface area contributed by atoms with Crippen LogP contribution in [0.2, 0.25) is 0 Å². The Morgan fingerprint density at radius 2 is 2.26 bits per heavy atom. The van der Waals surface area contributed by atoms with Gasteiger partial charge in [0.25, 0.3) is 5.91 Å². The maximum absolute atomic E-state index is 12.1. The lowest BCUT2D eigenvalue weighted by atomic mass is 10.3. The third-order valence-electron chi connectivity index (χ3n) is 2.60. The summed E-state index contributed by atoms with van der Waals surface area (Å²) in [5.74, 6) is -1.71. The van der Waals surface area contributed by atoms with E-state index in [0.29, 0.717) is 19.5 Å². The zero-order valence-corrected chi connectivity index (χ0v) is 10.1. The zero-order chi connectivity index (χ0) is 13.8. The molecule has 2 N–H and O–H groups in total. The molecule has 0 bridgehead atoms. The van der Waals surface area contributed by atoms with Crippen molar-refractivity contribution in [3.63, 3.8) is 0 Å². The van der Waals surface area contributed by atoms with Crippen LogP contribution in [0.5, 0.6) is 0 Å². The SMILES string of the molecule is O=C(O)Cn1cc(C(=O)N2CCCNC(=O)C2)nn1. The summed E-state index contributed by atoms with van der Waals surface area (Å²) in [5.41, 5.74) is 0.0379. The van der Waals surface area contributed by atoms with Gasteiger partial charge in [0.1, 0.15) is 6.54 Å². The van der Waals surface area contributed by atoms with Crippen molar-refractivity contribution in [1.82, 2.24) is 25.2 Å². The van der Waals surface area contributed by atoms with Crippen molar-refractivity contribution in [3.05, 3.63) is 11.9 Å². The van der Waals surface area contributed by atoms with Crippen molar-refractivity contribution in [3.8, 4) is 0 Å². The highest BCUT2D eigenvalue weighted by Gasteiger charge is 2.23. The van der Waals surface area contributed by atoms with Crippen LogP contribution >= 0.6 is 0 Å². The summed E-state index contributed by atoms with van der Waals surface area (Å²) in [5, 5.41) is 18.4. The maximum Gasteiger partial charge on any atom is 0.325 e. The van der Waals surface area contributed by atoms with Gasteiger partial charge < -0.3 is 15.3 Å². The highest BCUT2D eigenvalue weighted by Crippen LogP contribution is 2.04. The maximum atomic E-state index is 12.1. The first-order chi connectivity index (χ1) is 9.06.